The first-order valence-electron chi connectivity index (χ1n) is 5.74. The zero-order chi connectivity index (χ0) is 12.0. The van der Waals surface area contributed by atoms with Crippen molar-refractivity contribution in [3.05, 3.63) is 23.8 Å². The lowest BCUT2D eigenvalue weighted by Gasteiger charge is -2.14. The third kappa shape index (κ3) is 3.16. The molecule has 1 aromatic carbocycles. The summed E-state index contributed by atoms with van der Waals surface area (Å²) in [4.78, 5) is 0. The minimum absolute atomic E-state index is 0.535. The highest BCUT2D eigenvalue weighted by Crippen LogP contribution is 2.18. The second-order valence-corrected chi connectivity index (χ2v) is 3.98. The van der Waals surface area contributed by atoms with Crippen LogP contribution in [0.5, 0.6) is 0 Å². The molecule has 3 N–H and O–H groups in total. The van der Waals surface area contributed by atoms with E-state index in [4.69, 9.17) is 11.0 Å². The molecule has 0 saturated carbocycles. The number of nitrogen functional groups attached to an aromatic ring is 1. The summed E-state index contributed by atoms with van der Waals surface area (Å²) in [6, 6.07) is 7.53. The van der Waals surface area contributed by atoms with E-state index in [1.54, 1.807) is 6.07 Å². The van der Waals surface area contributed by atoms with Crippen LogP contribution in [0.4, 0.5) is 11.4 Å². The SMILES string of the molecule is CCC(CC)CNc1ccc(C#N)c(N)c1. The molecule has 3 nitrogen and oxygen atoms in total. The summed E-state index contributed by atoms with van der Waals surface area (Å²) < 4.78 is 0. The molecule has 0 aliphatic carbocycles. The normalized spacial score (nSPS) is 10.1. The first kappa shape index (κ1) is 12.4. The van der Waals surface area contributed by atoms with Gasteiger partial charge in [0, 0.05) is 12.2 Å². The monoisotopic (exact) mass is 217 g/mol. The van der Waals surface area contributed by atoms with Crippen LogP contribution in [-0.4, -0.2) is 6.54 Å². The van der Waals surface area contributed by atoms with Crippen molar-refractivity contribution in [2.45, 2.75) is 26.7 Å². The van der Waals surface area contributed by atoms with Crippen molar-refractivity contribution >= 4 is 11.4 Å². The smallest absolute Gasteiger partial charge is 0.101 e. The number of anilines is 2. The second-order valence-electron chi connectivity index (χ2n) is 3.98. The maximum Gasteiger partial charge on any atom is 0.101 e. The number of hydrogen-bond donors (Lipinski definition) is 2. The molecule has 0 unspecified atom stereocenters. The molecule has 0 saturated heterocycles. The summed E-state index contributed by atoms with van der Waals surface area (Å²) in [5, 5.41) is 12.1. The van der Waals surface area contributed by atoms with Gasteiger partial charge in [-0.2, -0.15) is 5.26 Å². The summed E-state index contributed by atoms with van der Waals surface area (Å²) in [5.74, 6) is 0.692. The molecule has 0 heterocycles. The highest BCUT2D eigenvalue weighted by atomic mass is 14.9. The van der Waals surface area contributed by atoms with Gasteiger partial charge in [-0.3, -0.25) is 0 Å². The summed E-state index contributed by atoms with van der Waals surface area (Å²) in [5.41, 5.74) is 7.80. The Bertz CT molecular complexity index is 375. The maximum atomic E-state index is 8.75. The van der Waals surface area contributed by atoms with E-state index in [9.17, 15) is 0 Å². The fourth-order valence-corrected chi connectivity index (χ4v) is 1.61. The molecule has 0 spiro atoms. The summed E-state index contributed by atoms with van der Waals surface area (Å²) in [6.07, 6.45) is 2.35. The quantitative estimate of drug-likeness (QED) is 0.745. The fourth-order valence-electron chi connectivity index (χ4n) is 1.61. The predicted molar refractivity (Wildman–Crippen MR) is 68.1 cm³/mol. The number of nitrogens with two attached hydrogens (primary N) is 1. The van der Waals surface area contributed by atoms with Gasteiger partial charge in [-0.25, -0.2) is 0 Å². The van der Waals surface area contributed by atoms with Crippen molar-refractivity contribution in [2.24, 2.45) is 5.92 Å². The van der Waals surface area contributed by atoms with Gasteiger partial charge in [0.1, 0.15) is 6.07 Å². The van der Waals surface area contributed by atoms with Crippen molar-refractivity contribution < 1.29 is 0 Å². The topological polar surface area (TPSA) is 61.8 Å². The molecular formula is C13H19N3. The molecule has 0 aromatic heterocycles. The lowest BCUT2D eigenvalue weighted by Crippen LogP contribution is -2.12. The molecular weight excluding hydrogens is 198 g/mol. The summed E-state index contributed by atoms with van der Waals surface area (Å²) >= 11 is 0. The molecule has 0 aliphatic heterocycles. The van der Waals surface area contributed by atoms with E-state index in [2.05, 4.69) is 25.2 Å². The number of nitrogens with zero attached hydrogens (tertiary/aromatic N) is 1. The van der Waals surface area contributed by atoms with Gasteiger partial charge in [0.05, 0.1) is 11.3 Å². The molecule has 0 bridgehead atoms. The molecule has 3 heteroatoms. The molecule has 0 radical (unpaired) electrons. The van der Waals surface area contributed by atoms with Gasteiger partial charge in [-0.15, -0.1) is 0 Å². The van der Waals surface area contributed by atoms with Crippen LogP contribution in [0, 0.1) is 17.2 Å². The molecule has 86 valence electrons. The van der Waals surface area contributed by atoms with Gasteiger partial charge in [0.2, 0.25) is 0 Å². The first-order chi connectivity index (χ1) is 7.71. The Morgan fingerprint density at radius 2 is 2.06 bits per heavy atom. The van der Waals surface area contributed by atoms with Crippen LogP contribution in [0.15, 0.2) is 18.2 Å². The third-order valence-electron chi connectivity index (χ3n) is 2.92. The van der Waals surface area contributed by atoms with E-state index in [1.165, 1.54) is 12.8 Å². The number of nitriles is 1. The molecule has 0 atom stereocenters. The van der Waals surface area contributed by atoms with Gasteiger partial charge in [-0.1, -0.05) is 26.7 Å². The highest BCUT2D eigenvalue weighted by Gasteiger charge is 2.04. The number of rotatable bonds is 5. The van der Waals surface area contributed by atoms with E-state index in [1.807, 2.05) is 12.1 Å². The Kier molecular flexibility index (Phi) is 4.65. The average Bonchev–Trinajstić information content (AvgIpc) is 2.30. The lowest BCUT2D eigenvalue weighted by atomic mass is 10.0. The molecule has 1 aromatic rings. The summed E-state index contributed by atoms with van der Waals surface area (Å²) in [6.45, 7) is 5.35. The number of benzene rings is 1. The van der Waals surface area contributed by atoms with Gasteiger partial charge in [0.15, 0.2) is 0 Å². The van der Waals surface area contributed by atoms with E-state index in [0.29, 0.717) is 17.2 Å². The molecule has 16 heavy (non-hydrogen) atoms. The van der Waals surface area contributed by atoms with E-state index >= 15 is 0 Å². The van der Waals surface area contributed by atoms with E-state index < -0.39 is 0 Å². The van der Waals surface area contributed by atoms with E-state index in [-0.39, 0.29) is 0 Å². The van der Waals surface area contributed by atoms with Crippen LogP contribution in [0.3, 0.4) is 0 Å². The van der Waals surface area contributed by atoms with Crippen LogP contribution in [-0.2, 0) is 0 Å². The van der Waals surface area contributed by atoms with Gasteiger partial charge in [-0.05, 0) is 24.1 Å². The van der Waals surface area contributed by atoms with Gasteiger partial charge >= 0.3 is 0 Å². The zero-order valence-electron chi connectivity index (χ0n) is 9.96. The van der Waals surface area contributed by atoms with Crippen molar-refractivity contribution in [3.8, 4) is 6.07 Å². The Labute approximate surface area is 97.3 Å². The lowest BCUT2D eigenvalue weighted by molar-refractivity contribution is 0.519. The highest BCUT2D eigenvalue weighted by molar-refractivity contribution is 5.62. The maximum absolute atomic E-state index is 8.75. The van der Waals surface area contributed by atoms with Gasteiger partial charge in [0.25, 0.3) is 0 Å². The molecule has 1 rings (SSSR count). The van der Waals surface area contributed by atoms with Crippen molar-refractivity contribution in [1.29, 1.82) is 5.26 Å². The number of hydrogen-bond acceptors (Lipinski definition) is 3. The van der Waals surface area contributed by atoms with Crippen LogP contribution in [0.2, 0.25) is 0 Å². The molecule has 0 amide bonds. The van der Waals surface area contributed by atoms with Crippen molar-refractivity contribution in [2.75, 3.05) is 17.6 Å². The van der Waals surface area contributed by atoms with Crippen molar-refractivity contribution in [3.63, 3.8) is 0 Å². The predicted octanol–water partition coefficient (Wildman–Crippen LogP) is 2.99. The largest absolute Gasteiger partial charge is 0.398 e. The first-order valence-corrected chi connectivity index (χ1v) is 5.74. The van der Waals surface area contributed by atoms with E-state index in [0.717, 1.165) is 12.2 Å². The van der Waals surface area contributed by atoms with Crippen LogP contribution >= 0.6 is 0 Å². The van der Waals surface area contributed by atoms with Crippen LogP contribution in [0.25, 0.3) is 0 Å². The van der Waals surface area contributed by atoms with Gasteiger partial charge < -0.3 is 11.1 Å². The minimum atomic E-state index is 0.535. The minimum Gasteiger partial charge on any atom is -0.398 e. The Morgan fingerprint density at radius 3 is 2.56 bits per heavy atom. The number of nitrogens with one attached hydrogen (secondary N) is 1. The fraction of sp³-hybridized carbons (Fsp3) is 0.462. The third-order valence-corrected chi connectivity index (χ3v) is 2.92. The van der Waals surface area contributed by atoms with Crippen LogP contribution in [0.1, 0.15) is 32.3 Å². The van der Waals surface area contributed by atoms with Crippen molar-refractivity contribution in [1.82, 2.24) is 0 Å². The standard InChI is InChI=1S/C13H19N3/c1-3-10(4-2)9-16-12-6-5-11(8-14)13(15)7-12/h5-7,10,16H,3-4,9,15H2,1-2H3. The second kappa shape index (κ2) is 6.02. The molecule has 0 aliphatic rings. The van der Waals surface area contributed by atoms with Crippen LogP contribution < -0.4 is 11.1 Å². The molecule has 0 fully saturated rings. The Balaban J connectivity index is 2.62. The zero-order valence-corrected chi connectivity index (χ0v) is 9.96. The summed E-state index contributed by atoms with van der Waals surface area (Å²) in [7, 11) is 0. The Hall–Kier alpha value is -1.69. The Morgan fingerprint density at radius 1 is 1.38 bits per heavy atom. The average molecular weight is 217 g/mol.